The molecule has 0 saturated heterocycles. The maximum absolute atomic E-state index is 12.0. The SMILES string of the molecule is COCC(C)N(C)CCC(=O)c1ccccc1Cl. The zero-order chi connectivity index (χ0) is 13.5. The lowest BCUT2D eigenvalue weighted by atomic mass is 10.1. The largest absolute Gasteiger partial charge is 0.383 e. The highest BCUT2D eigenvalue weighted by Gasteiger charge is 2.13. The highest BCUT2D eigenvalue weighted by molar-refractivity contribution is 6.33. The van der Waals surface area contributed by atoms with Crippen LogP contribution < -0.4 is 0 Å². The van der Waals surface area contributed by atoms with Crippen LogP contribution in [0.4, 0.5) is 0 Å². The van der Waals surface area contributed by atoms with Gasteiger partial charge in [-0.15, -0.1) is 0 Å². The average Bonchev–Trinajstić information content (AvgIpc) is 2.36. The van der Waals surface area contributed by atoms with E-state index < -0.39 is 0 Å². The minimum atomic E-state index is 0.0806. The molecule has 0 heterocycles. The van der Waals surface area contributed by atoms with Gasteiger partial charge in [-0.25, -0.2) is 0 Å². The fraction of sp³-hybridized carbons (Fsp3) is 0.500. The van der Waals surface area contributed by atoms with E-state index in [1.807, 2.05) is 19.2 Å². The highest BCUT2D eigenvalue weighted by atomic mass is 35.5. The Bertz CT molecular complexity index is 395. The molecule has 0 aliphatic carbocycles. The molecule has 0 aromatic heterocycles. The molecular weight excluding hydrogens is 250 g/mol. The summed E-state index contributed by atoms with van der Waals surface area (Å²) >= 11 is 5.99. The Morgan fingerprint density at radius 2 is 2.11 bits per heavy atom. The number of ether oxygens (including phenoxy) is 1. The first kappa shape index (κ1) is 15.2. The first-order valence-corrected chi connectivity index (χ1v) is 6.41. The first-order chi connectivity index (χ1) is 8.56. The number of ketones is 1. The summed E-state index contributed by atoms with van der Waals surface area (Å²) < 4.78 is 5.09. The Kier molecular flexibility index (Phi) is 6.33. The standard InChI is InChI=1S/C14H20ClNO2/c1-11(10-18-3)16(2)9-8-14(17)12-6-4-5-7-13(12)15/h4-7,11H,8-10H2,1-3H3. The maximum Gasteiger partial charge on any atom is 0.165 e. The number of hydrogen-bond acceptors (Lipinski definition) is 3. The van der Waals surface area contributed by atoms with Gasteiger partial charge in [0, 0.05) is 31.7 Å². The summed E-state index contributed by atoms with van der Waals surface area (Å²) in [7, 11) is 3.67. The highest BCUT2D eigenvalue weighted by Crippen LogP contribution is 2.16. The molecule has 4 heteroatoms. The van der Waals surface area contributed by atoms with Gasteiger partial charge in [-0.3, -0.25) is 4.79 Å². The lowest BCUT2D eigenvalue weighted by Gasteiger charge is -2.23. The van der Waals surface area contributed by atoms with Crippen molar-refractivity contribution in [2.24, 2.45) is 0 Å². The van der Waals surface area contributed by atoms with Crippen LogP contribution in [0.2, 0.25) is 5.02 Å². The van der Waals surface area contributed by atoms with Crippen molar-refractivity contribution < 1.29 is 9.53 Å². The van der Waals surface area contributed by atoms with E-state index in [1.54, 1.807) is 19.2 Å². The summed E-state index contributed by atoms with van der Waals surface area (Å²) in [5.74, 6) is 0.0806. The number of hydrogen-bond donors (Lipinski definition) is 0. The van der Waals surface area contributed by atoms with Gasteiger partial charge in [0.05, 0.1) is 11.6 Å². The zero-order valence-electron chi connectivity index (χ0n) is 11.1. The Hall–Kier alpha value is -0.900. The smallest absolute Gasteiger partial charge is 0.165 e. The van der Waals surface area contributed by atoms with Gasteiger partial charge in [-0.05, 0) is 26.1 Å². The summed E-state index contributed by atoms with van der Waals surface area (Å²) in [5.41, 5.74) is 0.604. The van der Waals surface area contributed by atoms with Crippen molar-refractivity contribution in [1.29, 1.82) is 0 Å². The maximum atomic E-state index is 12.0. The molecule has 1 aromatic carbocycles. The normalized spacial score (nSPS) is 12.7. The number of rotatable bonds is 7. The summed E-state index contributed by atoms with van der Waals surface area (Å²) in [6, 6.07) is 7.46. The van der Waals surface area contributed by atoms with Crippen LogP contribution in [-0.4, -0.2) is 44.0 Å². The zero-order valence-corrected chi connectivity index (χ0v) is 11.9. The van der Waals surface area contributed by atoms with Crippen molar-refractivity contribution in [1.82, 2.24) is 4.90 Å². The number of Topliss-reactive ketones (excluding diaryl/α,β-unsaturated/α-hetero) is 1. The van der Waals surface area contributed by atoms with Crippen LogP contribution in [0.15, 0.2) is 24.3 Å². The van der Waals surface area contributed by atoms with Gasteiger partial charge in [-0.1, -0.05) is 23.7 Å². The fourth-order valence-electron chi connectivity index (χ4n) is 1.69. The van der Waals surface area contributed by atoms with Crippen molar-refractivity contribution in [3.05, 3.63) is 34.9 Å². The van der Waals surface area contributed by atoms with Gasteiger partial charge < -0.3 is 9.64 Å². The molecule has 1 rings (SSSR count). The molecule has 1 unspecified atom stereocenters. The van der Waals surface area contributed by atoms with E-state index in [9.17, 15) is 4.79 Å². The first-order valence-electron chi connectivity index (χ1n) is 6.03. The van der Waals surface area contributed by atoms with Crippen molar-refractivity contribution in [2.45, 2.75) is 19.4 Å². The molecule has 1 aromatic rings. The van der Waals surface area contributed by atoms with Crippen molar-refractivity contribution in [3.8, 4) is 0 Å². The third kappa shape index (κ3) is 4.41. The van der Waals surface area contributed by atoms with Crippen molar-refractivity contribution in [2.75, 3.05) is 27.3 Å². The Morgan fingerprint density at radius 3 is 2.72 bits per heavy atom. The molecular formula is C14H20ClNO2. The minimum Gasteiger partial charge on any atom is -0.383 e. The predicted molar refractivity (Wildman–Crippen MR) is 74.4 cm³/mol. The Labute approximate surface area is 114 Å². The lowest BCUT2D eigenvalue weighted by Crippen LogP contribution is -2.34. The van der Waals surface area contributed by atoms with E-state index in [4.69, 9.17) is 16.3 Å². The van der Waals surface area contributed by atoms with E-state index >= 15 is 0 Å². The lowest BCUT2D eigenvalue weighted by molar-refractivity contribution is 0.0917. The van der Waals surface area contributed by atoms with Crippen LogP contribution in [0, 0.1) is 0 Å². The second kappa shape index (κ2) is 7.52. The number of benzene rings is 1. The number of nitrogens with zero attached hydrogens (tertiary/aromatic N) is 1. The van der Waals surface area contributed by atoms with Crippen LogP contribution in [0.1, 0.15) is 23.7 Å². The van der Waals surface area contributed by atoms with Gasteiger partial charge in [0.1, 0.15) is 0 Å². The molecule has 0 aliphatic rings. The third-order valence-corrected chi connectivity index (χ3v) is 3.36. The fourth-order valence-corrected chi connectivity index (χ4v) is 1.93. The molecule has 3 nitrogen and oxygen atoms in total. The number of methoxy groups -OCH3 is 1. The molecule has 1 atom stereocenters. The van der Waals surface area contributed by atoms with Crippen LogP contribution in [0.3, 0.4) is 0 Å². The third-order valence-electron chi connectivity index (χ3n) is 3.03. The molecule has 0 amide bonds. The molecule has 0 saturated carbocycles. The summed E-state index contributed by atoms with van der Waals surface area (Å²) in [5, 5.41) is 0.523. The summed E-state index contributed by atoms with van der Waals surface area (Å²) in [6.07, 6.45) is 0.467. The number of likely N-dealkylation sites (N-methyl/N-ethyl adjacent to an activating group) is 1. The molecule has 18 heavy (non-hydrogen) atoms. The van der Waals surface area contributed by atoms with Gasteiger partial charge in [0.2, 0.25) is 0 Å². The van der Waals surface area contributed by atoms with E-state index in [0.717, 1.165) is 0 Å². The van der Waals surface area contributed by atoms with Gasteiger partial charge >= 0.3 is 0 Å². The van der Waals surface area contributed by atoms with Crippen molar-refractivity contribution >= 4 is 17.4 Å². The molecule has 100 valence electrons. The Morgan fingerprint density at radius 1 is 1.44 bits per heavy atom. The molecule has 0 spiro atoms. The molecule has 0 radical (unpaired) electrons. The number of carbonyl (C=O) groups is 1. The quantitative estimate of drug-likeness (QED) is 0.713. The van der Waals surface area contributed by atoms with E-state index in [-0.39, 0.29) is 5.78 Å². The minimum absolute atomic E-state index is 0.0806. The van der Waals surface area contributed by atoms with E-state index in [2.05, 4.69) is 11.8 Å². The van der Waals surface area contributed by atoms with Crippen LogP contribution in [0.5, 0.6) is 0 Å². The number of halogens is 1. The topological polar surface area (TPSA) is 29.5 Å². The summed E-state index contributed by atoms with van der Waals surface area (Å²) in [4.78, 5) is 14.1. The van der Waals surface area contributed by atoms with Gasteiger partial charge in [0.15, 0.2) is 5.78 Å². The predicted octanol–water partition coefficient (Wildman–Crippen LogP) is 2.88. The molecule has 0 fully saturated rings. The van der Waals surface area contributed by atoms with Crippen molar-refractivity contribution in [3.63, 3.8) is 0 Å². The summed E-state index contributed by atoms with van der Waals surface area (Å²) in [6.45, 7) is 3.44. The average molecular weight is 270 g/mol. The second-order valence-corrected chi connectivity index (χ2v) is 4.85. The molecule has 0 aliphatic heterocycles. The monoisotopic (exact) mass is 269 g/mol. The van der Waals surface area contributed by atoms with Crippen LogP contribution in [-0.2, 0) is 4.74 Å². The van der Waals surface area contributed by atoms with E-state index in [1.165, 1.54) is 0 Å². The second-order valence-electron chi connectivity index (χ2n) is 4.44. The van der Waals surface area contributed by atoms with Gasteiger partial charge in [-0.2, -0.15) is 0 Å². The van der Waals surface area contributed by atoms with E-state index in [0.29, 0.717) is 36.2 Å². The Balaban J connectivity index is 2.49. The molecule has 0 bridgehead atoms. The molecule has 0 N–H and O–H groups in total. The number of carbonyl (C=O) groups excluding carboxylic acids is 1. The van der Waals surface area contributed by atoms with Crippen LogP contribution in [0.25, 0.3) is 0 Å². The van der Waals surface area contributed by atoms with Gasteiger partial charge in [0.25, 0.3) is 0 Å². The van der Waals surface area contributed by atoms with Crippen LogP contribution >= 0.6 is 11.6 Å².